The van der Waals surface area contributed by atoms with Crippen LogP contribution in [0.3, 0.4) is 0 Å². The van der Waals surface area contributed by atoms with Crippen LogP contribution in [-0.4, -0.2) is 0 Å². The molecule has 0 saturated heterocycles. The van der Waals surface area contributed by atoms with Gasteiger partial charge in [-0.25, -0.2) is 0 Å². The second-order valence-corrected chi connectivity index (χ2v) is 22.7. The monoisotopic (exact) mass is 937 g/mol. The van der Waals surface area contributed by atoms with Crippen molar-refractivity contribution >= 4 is 38.5 Å². The third-order valence-electron chi connectivity index (χ3n) is 16.7. The molecule has 0 heterocycles. The van der Waals surface area contributed by atoms with Crippen LogP contribution < -0.4 is 4.90 Å². The highest BCUT2D eigenvalue weighted by Gasteiger charge is 2.41. The molecule has 0 saturated carbocycles. The van der Waals surface area contributed by atoms with Crippen LogP contribution in [0.2, 0.25) is 0 Å². The Morgan fingerprint density at radius 2 is 1.07 bits per heavy atom. The van der Waals surface area contributed by atoms with Crippen molar-refractivity contribution in [3.63, 3.8) is 0 Å². The molecule has 0 radical (unpaired) electrons. The Labute approximate surface area is 431 Å². The SMILES string of the molecule is CC(C)(C)c1ccc(-c2ccc(-c3ccc(N(C4=CC5=C(CC4)C(C)(C)c4cc6ccccc6cc45)c4ccc5ccccc5c4-c4c#ccc5c4-c4ccccc4C5(C)C)c(-c4ccccc4)c3)cc2)cc1. The van der Waals surface area contributed by atoms with Gasteiger partial charge < -0.3 is 4.90 Å². The maximum Gasteiger partial charge on any atom is 0.0550 e. The van der Waals surface area contributed by atoms with Crippen molar-refractivity contribution < 1.29 is 0 Å². The second-order valence-electron chi connectivity index (χ2n) is 22.7. The Morgan fingerprint density at radius 1 is 0.452 bits per heavy atom. The predicted octanol–water partition coefficient (Wildman–Crippen LogP) is 19.4. The molecule has 0 fully saturated rings. The van der Waals surface area contributed by atoms with Crippen LogP contribution in [0.25, 0.3) is 82.8 Å². The molecule has 0 aromatic heterocycles. The smallest absolute Gasteiger partial charge is 0.0550 e. The number of benzene rings is 9. The zero-order valence-corrected chi connectivity index (χ0v) is 43.0. The highest BCUT2D eigenvalue weighted by Crippen LogP contribution is 2.57. The van der Waals surface area contributed by atoms with Gasteiger partial charge in [-0.3, -0.25) is 0 Å². The van der Waals surface area contributed by atoms with E-state index in [1.165, 1.54) is 116 Å². The molecule has 0 amide bonds. The Bertz CT molecular complexity index is 3910. The first-order valence-electron chi connectivity index (χ1n) is 26.1. The van der Waals surface area contributed by atoms with Crippen LogP contribution in [-0.2, 0) is 16.2 Å². The van der Waals surface area contributed by atoms with E-state index in [0.29, 0.717) is 0 Å². The molecule has 13 rings (SSSR count). The second kappa shape index (κ2) is 16.7. The zero-order valence-electron chi connectivity index (χ0n) is 43.0. The molecule has 0 atom stereocenters. The highest BCUT2D eigenvalue weighted by molar-refractivity contribution is 6.09. The van der Waals surface area contributed by atoms with Gasteiger partial charge in [0.25, 0.3) is 0 Å². The number of anilines is 2. The summed E-state index contributed by atoms with van der Waals surface area (Å²) >= 11 is 0. The van der Waals surface area contributed by atoms with Crippen molar-refractivity contribution in [2.75, 3.05) is 4.90 Å². The van der Waals surface area contributed by atoms with Crippen LogP contribution in [0.4, 0.5) is 11.4 Å². The quantitative estimate of drug-likeness (QED) is 0.154. The number of hydrogen-bond acceptors (Lipinski definition) is 1. The van der Waals surface area contributed by atoms with Gasteiger partial charge in [-0.15, -0.1) is 0 Å². The topological polar surface area (TPSA) is 3.24 Å². The minimum atomic E-state index is -0.191. The molecule has 73 heavy (non-hydrogen) atoms. The highest BCUT2D eigenvalue weighted by atomic mass is 15.2. The van der Waals surface area contributed by atoms with Crippen molar-refractivity contribution in [3.05, 3.63) is 257 Å². The van der Waals surface area contributed by atoms with E-state index in [4.69, 9.17) is 0 Å². The van der Waals surface area contributed by atoms with Gasteiger partial charge in [0.15, 0.2) is 0 Å². The van der Waals surface area contributed by atoms with Crippen molar-refractivity contribution in [1.82, 2.24) is 0 Å². The largest absolute Gasteiger partial charge is 0.313 e. The number of allylic oxidation sites excluding steroid dienone is 4. The molecule has 0 unspecified atom stereocenters. The fourth-order valence-electron chi connectivity index (χ4n) is 12.6. The fraction of sp³-hybridized carbons (Fsp3) is 0.167. The van der Waals surface area contributed by atoms with Crippen molar-refractivity contribution in [1.29, 1.82) is 0 Å². The van der Waals surface area contributed by atoms with Gasteiger partial charge in [-0.2, -0.15) is 0 Å². The van der Waals surface area contributed by atoms with Crippen molar-refractivity contribution in [2.24, 2.45) is 0 Å². The summed E-state index contributed by atoms with van der Waals surface area (Å²) in [5.74, 6) is 0. The number of rotatable bonds is 7. The Balaban J connectivity index is 1.05. The van der Waals surface area contributed by atoms with E-state index in [9.17, 15) is 0 Å². The van der Waals surface area contributed by atoms with Gasteiger partial charge in [0.2, 0.25) is 0 Å². The van der Waals surface area contributed by atoms with Crippen LogP contribution in [0.5, 0.6) is 0 Å². The first-order valence-corrected chi connectivity index (χ1v) is 26.1. The molecule has 1 nitrogen and oxygen atoms in total. The molecule has 0 bridgehead atoms. The standard InChI is InChI=1S/C72H59N/c1-70(2,3)54-36-32-47(33-37-54)46-28-30-48(31-29-46)53-35-40-66(59(42-53)49-18-9-8-10-19-49)73(55-38-39-63-61(45-55)60-43-51-21-11-12-22-52(51)44-65(60)72(63,6)7)67-41-34-50-20-13-14-23-56(50)69(67)58-25-17-27-64-68(58)57-24-15-16-26-62(57)71(64,4)5/h8-16,18-24,26-37,40-45H,38-39H2,1-7H3. The molecule has 3 aliphatic rings. The van der Waals surface area contributed by atoms with Gasteiger partial charge in [0.1, 0.15) is 0 Å². The summed E-state index contributed by atoms with van der Waals surface area (Å²) in [6, 6.07) is 82.4. The maximum atomic E-state index is 3.81. The molecular weight excluding hydrogens is 879 g/mol. The third-order valence-corrected chi connectivity index (χ3v) is 16.7. The van der Waals surface area contributed by atoms with E-state index < -0.39 is 0 Å². The molecule has 10 aromatic rings. The number of hydrogen-bond donors (Lipinski definition) is 0. The van der Waals surface area contributed by atoms with E-state index in [1.807, 2.05) is 0 Å². The average Bonchev–Trinajstić information content (AvgIpc) is 3.79. The van der Waals surface area contributed by atoms with E-state index >= 15 is 0 Å². The normalized spacial score (nSPS) is 15.1. The third kappa shape index (κ3) is 7.22. The summed E-state index contributed by atoms with van der Waals surface area (Å²) in [5, 5.41) is 4.98. The predicted molar refractivity (Wildman–Crippen MR) is 309 cm³/mol. The lowest BCUT2D eigenvalue weighted by Crippen LogP contribution is -2.23. The summed E-state index contributed by atoms with van der Waals surface area (Å²) in [6.45, 7) is 16.4. The maximum absolute atomic E-state index is 3.81. The van der Waals surface area contributed by atoms with Crippen LogP contribution in [0.15, 0.2) is 218 Å². The lowest BCUT2D eigenvalue weighted by Gasteiger charge is -2.35. The van der Waals surface area contributed by atoms with Crippen LogP contribution in [0, 0.1) is 12.1 Å². The van der Waals surface area contributed by atoms with E-state index in [0.717, 1.165) is 29.8 Å². The first-order chi connectivity index (χ1) is 35.3. The first kappa shape index (κ1) is 44.7. The van der Waals surface area contributed by atoms with Crippen molar-refractivity contribution in [3.8, 4) is 55.6 Å². The Kier molecular flexibility index (Phi) is 10.2. The summed E-state index contributed by atoms with van der Waals surface area (Å²) in [6.07, 6.45) is 4.40. The van der Waals surface area contributed by atoms with Crippen LogP contribution >= 0.6 is 0 Å². The van der Waals surface area contributed by atoms with Gasteiger partial charge in [0.05, 0.1) is 11.4 Å². The number of fused-ring (bicyclic) bond motifs is 7. The summed E-state index contributed by atoms with van der Waals surface area (Å²) in [7, 11) is 0. The average molecular weight is 938 g/mol. The lowest BCUT2D eigenvalue weighted by atomic mass is 9.78. The molecule has 3 aliphatic carbocycles. The van der Waals surface area contributed by atoms with Gasteiger partial charge >= 0.3 is 0 Å². The zero-order chi connectivity index (χ0) is 49.8. The minimum Gasteiger partial charge on any atom is -0.313 e. The van der Waals surface area contributed by atoms with Gasteiger partial charge in [0, 0.05) is 38.8 Å². The lowest BCUT2D eigenvalue weighted by molar-refractivity contribution is 0.590. The summed E-state index contributed by atoms with van der Waals surface area (Å²) in [5.41, 5.74) is 25.0. The van der Waals surface area contributed by atoms with E-state index in [2.05, 4.69) is 272 Å². The molecular formula is C72H59N. The molecule has 352 valence electrons. The molecule has 0 spiro atoms. The van der Waals surface area contributed by atoms with E-state index in [-0.39, 0.29) is 16.2 Å². The Morgan fingerprint density at radius 3 is 1.81 bits per heavy atom. The van der Waals surface area contributed by atoms with Gasteiger partial charge in [-0.05, 0) is 149 Å². The van der Waals surface area contributed by atoms with Crippen LogP contribution in [0.1, 0.15) is 89.1 Å². The molecule has 0 N–H and O–H groups in total. The minimum absolute atomic E-state index is 0.0898. The molecule has 10 aromatic carbocycles. The van der Waals surface area contributed by atoms with Gasteiger partial charge in [-0.1, -0.05) is 230 Å². The summed E-state index contributed by atoms with van der Waals surface area (Å²) in [4.78, 5) is 2.63. The van der Waals surface area contributed by atoms with E-state index in [1.54, 1.807) is 0 Å². The Hall–Kier alpha value is -8.18. The molecule has 1 heteroatoms. The molecule has 0 aliphatic heterocycles. The van der Waals surface area contributed by atoms with Crippen molar-refractivity contribution in [2.45, 2.75) is 77.6 Å². The number of nitrogens with zero attached hydrogens (tertiary/aromatic N) is 1. The summed E-state index contributed by atoms with van der Waals surface area (Å²) < 4.78 is 0. The fourth-order valence-corrected chi connectivity index (χ4v) is 12.6.